The van der Waals surface area contributed by atoms with Gasteiger partial charge in [-0.3, -0.25) is 9.69 Å². The van der Waals surface area contributed by atoms with Gasteiger partial charge in [0.1, 0.15) is 18.0 Å². The highest BCUT2D eigenvalue weighted by Crippen LogP contribution is 2.36. The summed E-state index contributed by atoms with van der Waals surface area (Å²) in [5.41, 5.74) is -0.0719. The number of carbonyl (C=O) groups excluding carboxylic acids is 1. The molecule has 1 aromatic carbocycles. The van der Waals surface area contributed by atoms with E-state index in [9.17, 15) is 18.0 Å². The molecule has 1 aliphatic carbocycles. The largest absolute Gasteiger partial charge is 0.573 e. The van der Waals surface area contributed by atoms with Crippen LogP contribution >= 0.6 is 0 Å². The molecule has 0 aromatic heterocycles. The monoisotopic (exact) mass is 416 g/mol. The van der Waals surface area contributed by atoms with Crippen LogP contribution in [0.15, 0.2) is 24.3 Å². The Hall–Kier alpha value is -1.84. The minimum Gasteiger partial charge on any atom is -0.405 e. The van der Waals surface area contributed by atoms with Crippen LogP contribution in [-0.2, 0) is 20.8 Å². The van der Waals surface area contributed by atoms with Crippen molar-refractivity contribution in [3.63, 3.8) is 0 Å². The molecule has 1 amide bonds. The molecule has 0 bridgehead atoms. The van der Waals surface area contributed by atoms with Crippen molar-refractivity contribution in [1.82, 2.24) is 10.2 Å². The Kier molecular flexibility index (Phi) is 7.02. The summed E-state index contributed by atoms with van der Waals surface area (Å²) in [5, 5.41) is 3.02. The molecule has 1 saturated carbocycles. The number of benzene rings is 1. The van der Waals surface area contributed by atoms with Crippen LogP contribution in [0, 0.1) is 0 Å². The number of rotatable bonds is 6. The standard InChI is InChI=1S/C20H27F3N2O4/c1-27-13-18(26)24-17-8-4-5-9-19(17)14-25(10-11-28-19)12-15-6-2-3-7-16(15)29-20(21,22)23/h2-3,6-7,17H,4-5,8-14H2,1H3,(H,24,26)/t17-,19+/m1/s1. The fourth-order valence-electron chi connectivity index (χ4n) is 4.26. The van der Waals surface area contributed by atoms with Crippen LogP contribution in [0.4, 0.5) is 13.2 Å². The first-order valence-electron chi connectivity index (χ1n) is 9.79. The van der Waals surface area contributed by atoms with Crippen molar-refractivity contribution in [1.29, 1.82) is 0 Å². The van der Waals surface area contributed by atoms with Gasteiger partial charge in [0, 0.05) is 32.3 Å². The van der Waals surface area contributed by atoms with Gasteiger partial charge in [-0.1, -0.05) is 31.0 Å². The van der Waals surface area contributed by atoms with Gasteiger partial charge < -0.3 is 19.5 Å². The van der Waals surface area contributed by atoms with E-state index < -0.39 is 12.0 Å². The summed E-state index contributed by atoms with van der Waals surface area (Å²) in [6.07, 6.45) is -1.16. The van der Waals surface area contributed by atoms with Crippen molar-refractivity contribution >= 4 is 5.91 Å². The summed E-state index contributed by atoms with van der Waals surface area (Å²) in [5.74, 6) is -0.377. The zero-order valence-corrected chi connectivity index (χ0v) is 16.5. The smallest absolute Gasteiger partial charge is 0.405 e. The Bertz CT molecular complexity index is 697. The molecule has 2 aliphatic rings. The molecule has 9 heteroatoms. The Balaban J connectivity index is 1.72. The zero-order chi connectivity index (χ0) is 20.9. The predicted octanol–water partition coefficient (Wildman–Crippen LogP) is 2.86. The van der Waals surface area contributed by atoms with Gasteiger partial charge in [0.15, 0.2) is 0 Å². The molecule has 6 nitrogen and oxygen atoms in total. The number of para-hydroxylation sites is 1. The lowest BCUT2D eigenvalue weighted by molar-refractivity contribution is -0.275. The van der Waals surface area contributed by atoms with E-state index in [1.165, 1.54) is 19.2 Å². The molecule has 2 atom stereocenters. The van der Waals surface area contributed by atoms with Crippen molar-refractivity contribution in [3.8, 4) is 5.75 Å². The van der Waals surface area contributed by atoms with E-state index in [1.807, 2.05) is 0 Å². The fraction of sp³-hybridized carbons (Fsp3) is 0.650. The zero-order valence-electron chi connectivity index (χ0n) is 16.5. The van der Waals surface area contributed by atoms with E-state index in [0.717, 1.165) is 25.7 Å². The topological polar surface area (TPSA) is 60.0 Å². The first-order chi connectivity index (χ1) is 13.8. The number of morpholine rings is 1. The molecule has 1 spiro atoms. The van der Waals surface area contributed by atoms with E-state index in [-0.39, 0.29) is 24.3 Å². The Morgan fingerprint density at radius 2 is 2.14 bits per heavy atom. The molecule has 1 aromatic rings. The summed E-state index contributed by atoms with van der Waals surface area (Å²) >= 11 is 0. The third-order valence-corrected chi connectivity index (χ3v) is 5.47. The summed E-state index contributed by atoms with van der Waals surface area (Å²) < 4.78 is 53.4. The molecule has 1 N–H and O–H groups in total. The predicted molar refractivity (Wildman–Crippen MR) is 99.4 cm³/mol. The molecule has 0 radical (unpaired) electrons. The van der Waals surface area contributed by atoms with Gasteiger partial charge in [0.2, 0.25) is 5.91 Å². The Morgan fingerprint density at radius 3 is 2.90 bits per heavy atom. The third kappa shape index (κ3) is 5.83. The van der Waals surface area contributed by atoms with Gasteiger partial charge in [0.05, 0.1) is 12.6 Å². The second kappa shape index (κ2) is 9.32. The second-order valence-electron chi connectivity index (χ2n) is 7.58. The highest BCUT2D eigenvalue weighted by Gasteiger charge is 2.46. The maximum atomic E-state index is 12.7. The van der Waals surface area contributed by atoms with Crippen LogP contribution in [0.25, 0.3) is 0 Å². The van der Waals surface area contributed by atoms with E-state index in [4.69, 9.17) is 9.47 Å². The molecular weight excluding hydrogens is 389 g/mol. The number of alkyl halides is 3. The number of carbonyl (C=O) groups is 1. The minimum atomic E-state index is -4.73. The number of ether oxygens (including phenoxy) is 3. The summed E-state index contributed by atoms with van der Waals surface area (Å²) in [7, 11) is 1.47. The van der Waals surface area contributed by atoms with Crippen LogP contribution in [0.3, 0.4) is 0 Å². The van der Waals surface area contributed by atoms with Crippen LogP contribution in [-0.4, -0.2) is 62.2 Å². The highest BCUT2D eigenvalue weighted by atomic mass is 19.4. The molecule has 1 saturated heterocycles. The first-order valence-corrected chi connectivity index (χ1v) is 9.79. The van der Waals surface area contributed by atoms with Crippen molar-refractivity contribution in [2.24, 2.45) is 0 Å². The van der Waals surface area contributed by atoms with Crippen LogP contribution in [0.2, 0.25) is 0 Å². The lowest BCUT2D eigenvalue weighted by atomic mass is 9.78. The molecule has 162 valence electrons. The molecule has 0 unspecified atom stereocenters. The number of hydrogen-bond acceptors (Lipinski definition) is 5. The van der Waals surface area contributed by atoms with E-state index in [0.29, 0.717) is 31.8 Å². The maximum absolute atomic E-state index is 12.7. The summed E-state index contributed by atoms with van der Waals surface area (Å²) in [6.45, 7) is 1.89. The normalized spacial score (nSPS) is 25.7. The number of nitrogens with zero attached hydrogens (tertiary/aromatic N) is 1. The molecule has 2 fully saturated rings. The van der Waals surface area contributed by atoms with Gasteiger partial charge in [-0.05, 0) is 18.9 Å². The average Bonchev–Trinajstić information content (AvgIpc) is 2.65. The molecule has 1 heterocycles. The van der Waals surface area contributed by atoms with Gasteiger partial charge in [-0.25, -0.2) is 0 Å². The van der Waals surface area contributed by atoms with Crippen molar-refractivity contribution in [3.05, 3.63) is 29.8 Å². The highest BCUT2D eigenvalue weighted by molar-refractivity contribution is 5.77. The van der Waals surface area contributed by atoms with Crippen molar-refractivity contribution in [2.75, 3.05) is 33.4 Å². The van der Waals surface area contributed by atoms with E-state index >= 15 is 0 Å². The van der Waals surface area contributed by atoms with Crippen molar-refractivity contribution < 1.29 is 32.2 Å². The average molecular weight is 416 g/mol. The minimum absolute atomic E-state index is 0.0154. The van der Waals surface area contributed by atoms with Gasteiger partial charge in [-0.2, -0.15) is 0 Å². The first kappa shape index (κ1) is 21.9. The molecule has 29 heavy (non-hydrogen) atoms. The lowest BCUT2D eigenvalue weighted by Gasteiger charge is -2.49. The summed E-state index contributed by atoms with van der Waals surface area (Å²) in [4.78, 5) is 14.1. The quantitative estimate of drug-likeness (QED) is 0.773. The lowest BCUT2D eigenvalue weighted by Crippen LogP contribution is -2.64. The Morgan fingerprint density at radius 1 is 1.34 bits per heavy atom. The molecule has 1 aliphatic heterocycles. The maximum Gasteiger partial charge on any atom is 0.573 e. The number of nitrogens with one attached hydrogen (secondary N) is 1. The second-order valence-corrected chi connectivity index (χ2v) is 7.58. The molecule has 3 rings (SSSR count). The summed E-state index contributed by atoms with van der Waals surface area (Å²) in [6, 6.07) is 6.04. The number of hydrogen-bond donors (Lipinski definition) is 1. The molecular formula is C20H27F3N2O4. The number of halogens is 3. The number of methoxy groups -OCH3 is 1. The van der Waals surface area contributed by atoms with Crippen LogP contribution < -0.4 is 10.1 Å². The van der Waals surface area contributed by atoms with Crippen LogP contribution in [0.5, 0.6) is 5.75 Å². The van der Waals surface area contributed by atoms with E-state index in [1.54, 1.807) is 12.1 Å². The van der Waals surface area contributed by atoms with Gasteiger partial charge >= 0.3 is 6.36 Å². The van der Waals surface area contributed by atoms with Crippen molar-refractivity contribution in [2.45, 2.75) is 50.2 Å². The SMILES string of the molecule is COCC(=O)N[C@@H]1CCCC[C@]12CN(Cc1ccccc1OC(F)(F)F)CCO2. The Labute approximate surface area is 168 Å². The number of amides is 1. The fourth-order valence-corrected chi connectivity index (χ4v) is 4.26. The van der Waals surface area contributed by atoms with Crippen LogP contribution in [0.1, 0.15) is 31.2 Å². The van der Waals surface area contributed by atoms with Gasteiger partial charge in [0.25, 0.3) is 0 Å². The third-order valence-electron chi connectivity index (χ3n) is 5.47. The van der Waals surface area contributed by atoms with E-state index in [2.05, 4.69) is 15.0 Å². The van der Waals surface area contributed by atoms with Gasteiger partial charge in [-0.15, -0.1) is 13.2 Å².